The van der Waals surface area contributed by atoms with Gasteiger partial charge in [0.1, 0.15) is 21.7 Å². The zero-order chi connectivity index (χ0) is 60.0. The average Bonchev–Trinajstić information content (AvgIpc) is 4.20. The van der Waals surface area contributed by atoms with E-state index in [2.05, 4.69) is 43.3 Å². The maximum Gasteiger partial charge on any atom is 0.306 e. The van der Waals surface area contributed by atoms with Crippen LogP contribution in [0.15, 0.2) is 35.7 Å². The van der Waals surface area contributed by atoms with Gasteiger partial charge in [0.15, 0.2) is 6.10 Å². The van der Waals surface area contributed by atoms with Crippen molar-refractivity contribution in [2.24, 2.45) is 29.6 Å². The quantitative estimate of drug-likeness (QED) is 0.0369. The molecule has 1 aliphatic rings. The van der Waals surface area contributed by atoms with Crippen LogP contribution in [0.1, 0.15) is 140 Å². The largest absolute Gasteiger partial charge is 0.481 e. The molecule has 3 rings (SSSR count). The molecule has 0 aliphatic carbocycles. The number of carbonyl (C=O) groups excluding carboxylic acids is 6. The normalized spacial score (nSPS) is 16.9. The molecule has 1 fully saturated rings. The third kappa shape index (κ3) is 25.8. The fraction of sp³-hybridized carbons (Fsp3) is 0.707. The van der Waals surface area contributed by atoms with Gasteiger partial charge in [-0.15, -0.1) is 34.9 Å². The number of carboxylic acid groups (broad SMARTS) is 2. The van der Waals surface area contributed by atoms with E-state index >= 15 is 0 Å². The fourth-order valence-electron chi connectivity index (χ4n) is 9.60. The predicted molar refractivity (Wildman–Crippen MR) is 314 cm³/mol. The lowest BCUT2D eigenvalue weighted by atomic mass is 9.83. The molecule has 0 radical (unpaired) electrons. The number of aromatic nitrogens is 1. The Morgan fingerprint density at radius 2 is 1.36 bits per heavy atom. The van der Waals surface area contributed by atoms with Gasteiger partial charge in [0.2, 0.25) is 17.7 Å². The number of hydrogen-bond donors (Lipinski definition) is 4. The summed E-state index contributed by atoms with van der Waals surface area (Å²) in [5.41, 5.74) is 1.06. The van der Waals surface area contributed by atoms with E-state index in [-0.39, 0.29) is 137 Å². The first-order valence-electron chi connectivity index (χ1n) is 28.3. The molecule has 1 aromatic heterocycles. The molecule has 4 amide bonds. The summed E-state index contributed by atoms with van der Waals surface area (Å²) in [5.74, 6) is -4.21. The molecule has 0 bridgehead atoms. The minimum Gasteiger partial charge on any atom is -0.481 e. The van der Waals surface area contributed by atoms with Crippen molar-refractivity contribution in [1.82, 2.24) is 25.4 Å². The van der Waals surface area contributed by atoms with Crippen molar-refractivity contribution in [2.45, 2.75) is 154 Å². The van der Waals surface area contributed by atoms with E-state index in [1.165, 1.54) is 41.8 Å². The average molecular weight is 1190 g/mol. The van der Waals surface area contributed by atoms with Gasteiger partial charge in [0.05, 0.1) is 70.3 Å². The molecule has 0 spiro atoms. The topological polar surface area (TPSA) is 267 Å². The van der Waals surface area contributed by atoms with Gasteiger partial charge in [-0.25, -0.2) is 4.98 Å². The van der Waals surface area contributed by atoms with Gasteiger partial charge < -0.3 is 54.3 Å². The van der Waals surface area contributed by atoms with Crippen LogP contribution in [0.5, 0.6) is 0 Å². The number of hydrogen-bond acceptors (Lipinski definition) is 17. The van der Waals surface area contributed by atoms with Crippen molar-refractivity contribution < 1.29 is 72.3 Å². The number of ether oxygens (including phenoxy) is 5. The molecular weight excluding hydrogens is 1100 g/mol. The van der Waals surface area contributed by atoms with Crippen LogP contribution < -0.4 is 10.6 Å². The number of esters is 1. The van der Waals surface area contributed by atoms with Crippen LogP contribution in [0.2, 0.25) is 0 Å². The number of nitrogens with zero attached hydrogens (tertiary/aromatic N) is 3. The smallest absolute Gasteiger partial charge is 0.306 e. The highest BCUT2D eigenvalue weighted by atomic mass is 32.2. The van der Waals surface area contributed by atoms with Crippen molar-refractivity contribution in [2.75, 3.05) is 78.6 Å². The Morgan fingerprint density at radius 1 is 0.741 bits per heavy atom. The Hall–Kier alpha value is -4.65. The first-order valence-corrected chi connectivity index (χ1v) is 31.3. The summed E-state index contributed by atoms with van der Waals surface area (Å²) in [7, 11) is 3.58. The third-order valence-electron chi connectivity index (χ3n) is 14.5. The van der Waals surface area contributed by atoms with E-state index in [0.29, 0.717) is 55.4 Å². The van der Waals surface area contributed by atoms with Gasteiger partial charge in [-0.3, -0.25) is 38.4 Å². The van der Waals surface area contributed by atoms with Crippen LogP contribution in [-0.4, -0.2) is 180 Å². The van der Waals surface area contributed by atoms with Crippen molar-refractivity contribution in [3.05, 3.63) is 52.0 Å². The first kappa shape index (κ1) is 70.6. The lowest BCUT2D eigenvalue weighted by Gasteiger charge is -2.38. The lowest BCUT2D eigenvalue weighted by Crippen LogP contribution is -2.46. The molecule has 1 aromatic carbocycles. The molecule has 4 N–H and O–H groups in total. The van der Waals surface area contributed by atoms with Crippen molar-refractivity contribution in [1.29, 1.82) is 0 Å². The molecule has 81 heavy (non-hydrogen) atoms. The summed E-state index contributed by atoms with van der Waals surface area (Å²) >= 11 is 4.10. The van der Waals surface area contributed by atoms with Crippen molar-refractivity contribution in [3.63, 3.8) is 0 Å². The van der Waals surface area contributed by atoms with Crippen LogP contribution in [0.3, 0.4) is 0 Å². The molecule has 456 valence electrons. The summed E-state index contributed by atoms with van der Waals surface area (Å²) in [4.78, 5) is 111. The number of Topliss-reactive ketones (excluding diaryl/α,β-unsaturated/α-hetero) is 1. The number of aliphatic carboxylic acids is 2. The Morgan fingerprint density at radius 3 is 1.96 bits per heavy atom. The molecule has 0 saturated carbocycles. The molecule has 20 nitrogen and oxygen atoms in total. The Labute approximate surface area is 492 Å². The number of nitrogens with one attached hydrogen (secondary N) is 2. The molecule has 3 unspecified atom stereocenters. The number of ketones is 1. The molecular formula is C58H91N5O15S3. The second kappa shape index (κ2) is 38.3. The van der Waals surface area contributed by atoms with E-state index in [1.54, 1.807) is 36.2 Å². The lowest BCUT2D eigenvalue weighted by molar-refractivity contribution is -0.149. The van der Waals surface area contributed by atoms with Crippen molar-refractivity contribution in [3.8, 4) is 0 Å². The standard InChI is InChI=1S/C58H91N5O15S3/c1-11-39(6)44(57(71)63(10)47(38(4)5)34-49(78-41(8)64)56-61-45(35-79-56)54(69)60-43(32-40(7)58(72)73)33-42-16-13-12-14-17-42)19-20-46(37(2)3)62(9)50(66)21-25-75-30-31-77-27-23-59-55(70)53-52(80-36-81-53)48(65)18-15-24-74-28-29-76-26-22-51(67)68/h12-14,16-17,35,37-40,43-44,46-47,49,52-53H,11,15,18-34,36H2,1-10H3,(H,59,70)(H,60,69)(H,67,68)(H,72,73)/t39-,40?,43+,44-,46+,47+,49+,52?,53?/m0/s1. The van der Waals surface area contributed by atoms with Crippen LogP contribution in [0, 0.1) is 29.6 Å². The molecule has 2 heterocycles. The van der Waals surface area contributed by atoms with Crippen LogP contribution in [0.4, 0.5) is 0 Å². The second-order valence-corrected chi connectivity index (χ2v) is 24.9. The zero-order valence-electron chi connectivity index (χ0n) is 49.2. The molecule has 1 aliphatic heterocycles. The molecule has 9 atom stereocenters. The summed E-state index contributed by atoms with van der Waals surface area (Å²) < 4.78 is 27.9. The number of carboxylic acids is 2. The Bertz CT molecular complexity index is 2260. The SMILES string of the molecule is CC[C@H](C)[C@H](CC[C@H](C(C)C)N(C)C(=O)CCOCCOCCNC(=O)C1SCSC1C(=O)CCCOCCOCCC(=O)O)C(=O)N(C)[C@H](C[C@@H](OC(C)=O)c1nc(C(=O)N[C@@H](Cc2ccccc2)CC(C)C(=O)O)cs1)C(C)C. The molecule has 2 aromatic rings. The highest BCUT2D eigenvalue weighted by Crippen LogP contribution is 2.38. The minimum absolute atomic E-state index is 0.00528. The van der Waals surface area contributed by atoms with Crippen molar-refractivity contribution >= 4 is 82.2 Å². The summed E-state index contributed by atoms with van der Waals surface area (Å²) in [6, 6.07) is 8.49. The van der Waals surface area contributed by atoms with E-state index < -0.39 is 52.4 Å². The van der Waals surface area contributed by atoms with Gasteiger partial charge in [-0.1, -0.05) is 85.2 Å². The number of benzene rings is 1. The zero-order valence-corrected chi connectivity index (χ0v) is 51.7. The highest BCUT2D eigenvalue weighted by Gasteiger charge is 2.39. The van der Waals surface area contributed by atoms with Gasteiger partial charge in [0, 0.05) is 81.5 Å². The van der Waals surface area contributed by atoms with Crippen LogP contribution in [0.25, 0.3) is 0 Å². The van der Waals surface area contributed by atoms with E-state index in [1.807, 2.05) is 44.2 Å². The van der Waals surface area contributed by atoms with E-state index in [9.17, 15) is 43.5 Å². The fourth-order valence-corrected chi connectivity index (χ4v) is 13.6. The molecule has 1 saturated heterocycles. The number of amides is 4. The van der Waals surface area contributed by atoms with Crippen LogP contribution >= 0.6 is 34.9 Å². The molecule has 23 heteroatoms. The van der Waals surface area contributed by atoms with Gasteiger partial charge in [-0.2, -0.15) is 0 Å². The Balaban J connectivity index is 1.49. The minimum atomic E-state index is -0.959. The number of thiazole rings is 1. The Kier molecular flexibility index (Phi) is 33.3. The number of thioether (sulfide) groups is 2. The number of carbonyl (C=O) groups is 8. The first-order chi connectivity index (χ1) is 38.5. The van der Waals surface area contributed by atoms with Gasteiger partial charge in [0.25, 0.3) is 5.91 Å². The second-order valence-electron chi connectivity index (χ2n) is 21.4. The van der Waals surface area contributed by atoms with Gasteiger partial charge in [-0.05, 0) is 55.4 Å². The van der Waals surface area contributed by atoms with Gasteiger partial charge >= 0.3 is 17.9 Å². The van der Waals surface area contributed by atoms with E-state index in [0.717, 1.165) is 12.0 Å². The third-order valence-corrected chi connectivity index (χ3v) is 18.4. The summed E-state index contributed by atoms with van der Waals surface area (Å²) in [6.45, 7) is 17.5. The van der Waals surface area contributed by atoms with Crippen LogP contribution in [-0.2, 0) is 63.7 Å². The summed E-state index contributed by atoms with van der Waals surface area (Å²) in [5, 5.41) is 25.9. The maximum absolute atomic E-state index is 14.7. The number of rotatable bonds is 42. The predicted octanol–water partition coefficient (Wildman–Crippen LogP) is 7.57. The highest BCUT2D eigenvalue weighted by molar-refractivity contribution is 8.20. The summed E-state index contributed by atoms with van der Waals surface area (Å²) in [6.07, 6.45) is 2.80. The monoisotopic (exact) mass is 1190 g/mol. The maximum atomic E-state index is 14.7. The van der Waals surface area contributed by atoms with E-state index in [4.69, 9.17) is 28.8 Å².